The van der Waals surface area contributed by atoms with Crippen LogP contribution in [0.1, 0.15) is 31.2 Å². The van der Waals surface area contributed by atoms with Crippen LogP contribution in [0.5, 0.6) is 0 Å². The van der Waals surface area contributed by atoms with Crippen molar-refractivity contribution >= 4 is 33.3 Å². The number of benzene rings is 1. The number of carbonyl (C=O) groups excluding carboxylic acids is 1. The number of nitrogens with one attached hydrogen (secondary N) is 1. The highest BCUT2D eigenvalue weighted by molar-refractivity contribution is 8.02. The zero-order valence-electron chi connectivity index (χ0n) is 17.7. The minimum Gasteiger partial charge on any atom is -0.496 e. The topological polar surface area (TPSA) is 95.9 Å². The number of carbonyl (C=O) groups is 1. The first-order valence-electron chi connectivity index (χ1n) is 10.8. The van der Waals surface area contributed by atoms with E-state index in [4.69, 9.17) is 4.74 Å². The second-order valence-electron chi connectivity index (χ2n) is 7.91. The Morgan fingerprint density at radius 2 is 2.06 bits per heavy atom. The van der Waals surface area contributed by atoms with E-state index in [2.05, 4.69) is 23.5 Å². The predicted octanol–water partition coefficient (Wildman–Crippen LogP) is 2.65. The van der Waals surface area contributed by atoms with Gasteiger partial charge in [0.2, 0.25) is 15.9 Å². The van der Waals surface area contributed by atoms with Gasteiger partial charge in [-0.2, -0.15) is 4.31 Å². The number of sulfonamides is 1. The number of ether oxygens (including phenoxy) is 1. The second kappa shape index (κ2) is 10.2. The Bertz CT molecular complexity index is 1010. The second-order valence-corrected chi connectivity index (χ2v) is 11.0. The van der Waals surface area contributed by atoms with Gasteiger partial charge in [0.05, 0.1) is 17.2 Å². The number of thioether (sulfide) groups is 1. The van der Waals surface area contributed by atoms with Gasteiger partial charge in [-0.1, -0.05) is 30.4 Å². The Balaban J connectivity index is 1.48. The first-order chi connectivity index (χ1) is 15.5. The summed E-state index contributed by atoms with van der Waals surface area (Å²) >= 11 is 1.31. The summed E-state index contributed by atoms with van der Waals surface area (Å²) in [5.41, 5.74) is 2.06. The van der Waals surface area contributed by atoms with E-state index in [1.165, 1.54) is 16.1 Å². The van der Waals surface area contributed by atoms with Gasteiger partial charge in [-0.3, -0.25) is 4.79 Å². The SMILES string of the molecule is O=C(NC(CCO)C1CC=CO1)C1SCCN1S(=O)(=O)c1ccc(C2=CCCC=C2)cc1. The third kappa shape index (κ3) is 4.96. The lowest BCUT2D eigenvalue weighted by molar-refractivity contribution is -0.123. The molecule has 2 aliphatic heterocycles. The van der Waals surface area contributed by atoms with Gasteiger partial charge in [-0.25, -0.2) is 8.42 Å². The smallest absolute Gasteiger partial charge is 0.249 e. The molecule has 0 radical (unpaired) electrons. The van der Waals surface area contributed by atoms with Gasteiger partial charge in [0.15, 0.2) is 0 Å². The Morgan fingerprint density at radius 3 is 2.72 bits per heavy atom. The molecule has 1 aliphatic carbocycles. The summed E-state index contributed by atoms with van der Waals surface area (Å²) in [7, 11) is -3.83. The quantitative estimate of drug-likeness (QED) is 0.599. The molecule has 4 rings (SSSR count). The van der Waals surface area contributed by atoms with Crippen molar-refractivity contribution in [2.45, 2.75) is 48.1 Å². The van der Waals surface area contributed by atoms with Gasteiger partial charge in [0.25, 0.3) is 0 Å². The number of rotatable bonds is 8. The normalized spacial score (nSPS) is 24.2. The van der Waals surface area contributed by atoms with E-state index in [0.29, 0.717) is 18.6 Å². The van der Waals surface area contributed by atoms with Gasteiger partial charge >= 0.3 is 0 Å². The molecule has 2 heterocycles. The van der Waals surface area contributed by atoms with Crippen LogP contribution in [-0.4, -0.2) is 60.2 Å². The number of hydrogen-bond acceptors (Lipinski definition) is 6. The number of aliphatic hydroxyl groups excluding tert-OH is 1. The molecule has 2 N–H and O–H groups in total. The van der Waals surface area contributed by atoms with Gasteiger partial charge in [-0.15, -0.1) is 11.8 Å². The summed E-state index contributed by atoms with van der Waals surface area (Å²) in [5, 5.41) is 11.4. The van der Waals surface area contributed by atoms with Crippen molar-refractivity contribution in [3.63, 3.8) is 0 Å². The zero-order valence-corrected chi connectivity index (χ0v) is 19.4. The molecule has 7 nitrogen and oxygen atoms in total. The molecule has 0 spiro atoms. The molecule has 1 aromatic carbocycles. The molecule has 0 saturated carbocycles. The van der Waals surface area contributed by atoms with E-state index in [1.807, 2.05) is 18.2 Å². The number of allylic oxidation sites excluding steroid dienone is 4. The summed E-state index contributed by atoms with van der Waals surface area (Å²) in [5.74, 6) is 0.165. The van der Waals surface area contributed by atoms with Gasteiger partial charge in [0.1, 0.15) is 11.5 Å². The van der Waals surface area contributed by atoms with Crippen molar-refractivity contribution in [3.05, 3.63) is 60.4 Å². The summed E-state index contributed by atoms with van der Waals surface area (Å²) < 4.78 is 33.4. The van der Waals surface area contributed by atoms with Crippen LogP contribution in [0, 0.1) is 0 Å². The van der Waals surface area contributed by atoms with Crippen LogP contribution in [0.15, 0.2) is 59.7 Å². The van der Waals surface area contributed by atoms with Crippen LogP contribution in [-0.2, 0) is 19.6 Å². The molecule has 3 atom stereocenters. The molecule has 1 amide bonds. The summed E-state index contributed by atoms with van der Waals surface area (Å²) in [6.07, 6.45) is 12.5. The molecule has 1 fully saturated rings. The van der Waals surface area contributed by atoms with E-state index >= 15 is 0 Å². The number of nitrogens with zero attached hydrogens (tertiary/aromatic N) is 1. The largest absolute Gasteiger partial charge is 0.496 e. The first kappa shape index (κ1) is 23.1. The summed E-state index contributed by atoms with van der Waals surface area (Å²) in [6, 6.07) is 6.46. The molecule has 3 aliphatic rings. The lowest BCUT2D eigenvalue weighted by atomic mass is 10.00. The molecule has 1 saturated heterocycles. The minimum absolute atomic E-state index is 0.0946. The van der Waals surface area contributed by atoms with Crippen molar-refractivity contribution in [1.82, 2.24) is 9.62 Å². The average Bonchev–Trinajstić information content (AvgIpc) is 3.52. The van der Waals surface area contributed by atoms with Gasteiger partial charge in [-0.05, 0) is 48.6 Å². The van der Waals surface area contributed by atoms with Crippen LogP contribution in [0.2, 0.25) is 0 Å². The fourth-order valence-corrected chi connectivity index (χ4v) is 7.18. The van der Waals surface area contributed by atoms with E-state index in [0.717, 1.165) is 24.0 Å². The van der Waals surface area contributed by atoms with E-state index in [9.17, 15) is 18.3 Å². The number of amides is 1. The molecule has 3 unspecified atom stereocenters. The molecule has 172 valence electrons. The van der Waals surface area contributed by atoms with Gasteiger partial charge in [0, 0.05) is 25.3 Å². The fourth-order valence-electron chi connectivity index (χ4n) is 4.09. The monoisotopic (exact) mass is 476 g/mol. The minimum atomic E-state index is -3.83. The first-order valence-corrected chi connectivity index (χ1v) is 13.3. The Morgan fingerprint density at radius 1 is 1.25 bits per heavy atom. The highest BCUT2D eigenvalue weighted by Gasteiger charge is 2.41. The maximum atomic E-state index is 13.3. The van der Waals surface area contributed by atoms with Gasteiger partial charge < -0.3 is 15.2 Å². The van der Waals surface area contributed by atoms with E-state index < -0.39 is 15.4 Å². The Kier molecular flexibility index (Phi) is 7.40. The van der Waals surface area contributed by atoms with Crippen molar-refractivity contribution in [2.24, 2.45) is 0 Å². The Labute approximate surface area is 193 Å². The third-order valence-electron chi connectivity index (χ3n) is 5.80. The van der Waals surface area contributed by atoms with Crippen LogP contribution in [0.4, 0.5) is 0 Å². The summed E-state index contributed by atoms with van der Waals surface area (Å²) in [4.78, 5) is 13.2. The zero-order chi connectivity index (χ0) is 22.6. The van der Waals surface area contributed by atoms with Crippen molar-refractivity contribution in [2.75, 3.05) is 18.9 Å². The Hall–Kier alpha value is -2.07. The van der Waals surface area contributed by atoms with Crippen LogP contribution in [0.3, 0.4) is 0 Å². The number of aliphatic hydroxyl groups is 1. The molecular weight excluding hydrogens is 448 g/mol. The van der Waals surface area contributed by atoms with Crippen LogP contribution in [0.25, 0.3) is 5.57 Å². The highest BCUT2D eigenvalue weighted by Crippen LogP contribution is 2.31. The molecule has 0 bridgehead atoms. The van der Waals surface area contributed by atoms with Crippen molar-refractivity contribution < 1.29 is 23.1 Å². The molecular formula is C23H28N2O5S2. The number of hydrogen-bond donors (Lipinski definition) is 2. The lowest BCUT2D eigenvalue weighted by Gasteiger charge is -2.28. The lowest BCUT2D eigenvalue weighted by Crippen LogP contribution is -2.51. The average molecular weight is 477 g/mol. The van der Waals surface area contributed by atoms with E-state index in [-0.39, 0.29) is 36.1 Å². The fraction of sp³-hybridized carbons (Fsp3) is 0.435. The molecule has 9 heteroatoms. The highest BCUT2D eigenvalue weighted by atomic mass is 32.2. The molecule has 32 heavy (non-hydrogen) atoms. The standard InChI is InChI=1S/C23H28N2O5S2/c26-14-12-20(21-7-4-15-30-21)24-22(27)23-25(13-16-31-23)32(28,29)19-10-8-18(9-11-19)17-5-2-1-3-6-17/h2,4-6,8-11,15,20-21,23,26H,1,3,7,12-14,16H2,(H,24,27). The van der Waals surface area contributed by atoms with E-state index in [1.54, 1.807) is 18.4 Å². The maximum absolute atomic E-state index is 13.3. The van der Waals surface area contributed by atoms with Crippen molar-refractivity contribution in [1.29, 1.82) is 0 Å². The predicted molar refractivity (Wildman–Crippen MR) is 125 cm³/mol. The molecule has 1 aromatic rings. The van der Waals surface area contributed by atoms with Crippen LogP contribution >= 0.6 is 11.8 Å². The summed E-state index contributed by atoms with van der Waals surface area (Å²) in [6.45, 7) is 0.176. The van der Waals surface area contributed by atoms with Crippen molar-refractivity contribution in [3.8, 4) is 0 Å². The third-order valence-corrected chi connectivity index (χ3v) is 9.01. The molecule has 0 aromatic heterocycles. The van der Waals surface area contributed by atoms with Crippen LogP contribution < -0.4 is 5.32 Å². The maximum Gasteiger partial charge on any atom is 0.249 e.